The number of alkyl halides is 3. The second-order valence-electron chi connectivity index (χ2n) is 3.15. The fraction of sp³-hybridized carbons (Fsp3) is 0.333. The third kappa shape index (κ3) is 3.81. The summed E-state index contributed by atoms with van der Waals surface area (Å²) in [6.07, 6.45) is -3.82. The van der Waals surface area contributed by atoms with E-state index in [9.17, 15) is 18.0 Å². The normalized spacial score (nSPS) is 13.2. The molecule has 8 heteroatoms. The van der Waals surface area contributed by atoms with Crippen molar-refractivity contribution in [1.82, 2.24) is 4.98 Å². The van der Waals surface area contributed by atoms with Gasteiger partial charge >= 0.3 is 12.1 Å². The molecule has 0 bridgehead atoms. The Morgan fingerprint density at radius 3 is 2.53 bits per heavy atom. The molecule has 0 aromatic carbocycles. The van der Waals surface area contributed by atoms with Gasteiger partial charge in [-0.05, 0) is 12.1 Å². The molecule has 94 valence electrons. The van der Waals surface area contributed by atoms with Crippen LogP contribution in [0.2, 0.25) is 0 Å². The molecular formula is C9H9F3N2O2S. The average Bonchev–Trinajstić information content (AvgIpc) is 2.25. The summed E-state index contributed by atoms with van der Waals surface area (Å²) in [5.41, 5.74) is -0.888. The molecule has 0 saturated heterocycles. The highest BCUT2D eigenvalue weighted by atomic mass is 32.1. The Bertz CT molecular complexity index is 394. The van der Waals surface area contributed by atoms with Crippen LogP contribution in [0.3, 0.4) is 0 Å². The molecule has 2 N–H and O–H groups in total. The highest BCUT2D eigenvalue weighted by Gasteiger charge is 2.30. The Balaban J connectivity index is 2.78. The van der Waals surface area contributed by atoms with Crippen LogP contribution >= 0.6 is 12.6 Å². The molecule has 0 fully saturated rings. The van der Waals surface area contributed by atoms with Crippen molar-refractivity contribution < 1.29 is 23.1 Å². The maximum absolute atomic E-state index is 12.2. The van der Waals surface area contributed by atoms with Crippen molar-refractivity contribution in [3.05, 3.63) is 23.9 Å². The van der Waals surface area contributed by atoms with Gasteiger partial charge < -0.3 is 10.4 Å². The fourth-order valence-corrected chi connectivity index (χ4v) is 1.26. The van der Waals surface area contributed by atoms with Crippen molar-refractivity contribution in [3.63, 3.8) is 0 Å². The van der Waals surface area contributed by atoms with Crippen LogP contribution in [0.25, 0.3) is 0 Å². The maximum atomic E-state index is 12.2. The van der Waals surface area contributed by atoms with Gasteiger partial charge in [0.2, 0.25) is 0 Å². The lowest BCUT2D eigenvalue weighted by Gasteiger charge is -2.13. The average molecular weight is 266 g/mol. The maximum Gasteiger partial charge on any atom is 0.417 e. The summed E-state index contributed by atoms with van der Waals surface area (Å²) in [4.78, 5) is 14.1. The third-order valence-corrected chi connectivity index (χ3v) is 2.26. The minimum Gasteiger partial charge on any atom is -0.480 e. The summed E-state index contributed by atoms with van der Waals surface area (Å²) in [5, 5.41) is 11.2. The van der Waals surface area contributed by atoms with E-state index in [-0.39, 0.29) is 11.6 Å². The van der Waals surface area contributed by atoms with Gasteiger partial charge in [-0.15, -0.1) is 0 Å². The lowest BCUT2D eigenvalue weighted by molar-refractivity contribution is -0.138. The molecular weight excluding hydrogens is 257 g/mol. The van der Waals surface area contributed by atoms with Crippen LogP contribution < -0.4 is 5.32 Å². The number of halogens is 3. The first-order chi connectivity index (χ1) is 7.84. The van der Waals surface area contributed by atoms with Crippen LogP contribution in [0, 0.1) is 0 Å². The Kier molecular flexibility index (Phi) is 4.22. The van der Waals surface area contributed by atoms with Gasteiger partial charge in [0.25, 0.3) is 0 Å². The van der Waals surface area contributed by atoms with Gasteiger partial charge in [0.05, 0.1) is 5.56 Å². The van der Waals surface area contributed by atoms with Crippen LogP contribution in [0.5, 0.6) is 0 Å². The topological polar surface area (TPSA) is 62.2 Å². The molecule has 0 saturated carbocycles. The third-order valence-electron chi connectivity index (χ3n) is 1.89. The van der Waals surface area contributed by atoms with E-state index in [0.717, 1.165) is 12.1 Å². The predicted molar refractivity (Wildman–Crippen MR) is 58.1 cm³/mol. The molecule has 0 aliphatic rings. The van der Waals surface area contributed by atoms with E-state index in [0.29, 0.717) is 6.20 Å². The molecule has 1 aromatic rings. The van der Waals surface area contributed by atoms with E-state index in [1.165, 1.54) is 0 Å². The number of carboxylic acid groups (broad SMARTS) is 1. The highest BCUT2D eigenvalue weighted by Crippen LogP contribution is 2.28. The molecule has 4 nitrogen and oxygen atoms in total. The van der Waals surface area contributed by atoms with Gasteiger partial charge in [-0.25, -0.2) is 9.78 Å². The van der Waals surface area contributed by atoms with Crippen molar-refractivity contribution in [1.29, 1.82) is 0 Å². The van der Waals surface area contributed by atoms with Crippen molar-refractivity contribution in [2.24, 2.45) is 0 Å². The van der Waals surface area contributed by atoms with E-state index >= 15 is 0 Å². The summed E-state index contributed by atoms with van der Waals surface area (Å²) < 4.78 is 36.6. The molecule has 0 spiro atoms. The number of carboxylic acids is 1. The van der Waals surface area contributed by atoms with Gasteiger partial charge in [-0.1, -0.05) is 0 Å². The van der Waals surface area contributed by atoms with Crippen molar-refractivity contribution >= 4 is 24.4 Å². The zero-order chi connectivity index (χ0) is 13.1. The molecule has 1 rings (SSSR count). The number of aliphatic carboxylic acids is 1. The monoisotopic (exact) mass is 266 g/mol. The number of thiol groups is 1. The Morgan fingerprint density at radius 2 is 2.18 bits per heavy atom. The van der Waals surface area contributed by atoms with Gasteiger partial charge in [-0.3, -0.25) is 0 Å². The molecule has 17 heavy (non-hydrogen) atoms. The van der Waals surface area contributed by atoms with Crippen LogP contribution in [-0.2, 0) is 11.0 Å². The molecule has 1 unspecified atom stereocenters. The lowest BCUT2D eigenvalue weighted by atomic mass is 10.2. The quantitative estimate of drug-likeness (QED) is 0.728. The minimum atomic E-state index is -4.46. The SMILES string of the molecule is O=C(O)C(CS)Nc1ccc(C(F)(F)F)cn1. The van der Waals surface area contributed by atoms with Crippen molar-refractivity contribution in [2.75, 3.05) is 11.1 Å². The summed E-state index contributed by atoms with van der Waals surface area (Å²) in [7, 11) is 0. The first-order valence-electron chi connectivity index (χ1n) is 4.48. The number of nitrogens with one attached hydrogen (secondary N) is 1. The first-order valence-corrected chi connectivity index (χ1v) is 5.11. The highest BCUT2D eigenvalue weighted by molar-refractivity contribution is 7.80. The summed E-state index contributed by atoms with van der Waals surface area (Å²) in [6, 6.07) is 0.900. The molecule has 1 atom stereocenters. The van der Waals surface area contributed by atoms with E-state index in [1.807, 2.05) is 0 Å². The number of anilines is 1. The molecule has 1 aromatic heterocycles. The number of carbonyl (C=O) groups is 1. The standard InChI is InChI=1S/C9H9F3N2O2S/c10-9(11,12)5-1-2-7(13-3-5)14-6(4-17)8(15)16/h1-3,6,17H,4H2,(H,13,14)(H,15,16). The Hall–Kier alpha value is -1.44. The van der Waals surface area contributed by atoms with Crippen LogP contribution in [-0.4, -0.2) is 27.9 Å². The van der Waals surface area contributed by atoms with Gasteiger partial charge in [0, 0.05) is 11.9 Å². The van der Waals surface area contributed by atoms with Gasteiger partial charge in [0.1, 0.15) is 11.9 Å². The minimum absolute atomic E-state index is 0.00195. The van der Waals surface area contributed by atoms with Gasteiger partial charge in [0.15, 0.2) is 0 Å². The van der Waals surface area contributed by atoms with E-state index in [4.69, 9.17) is 5.11 Å². The number of hydrogen-bond donors (Lipinski definition) is 3. The second-order valence-corrected chi connectivity index (χ2v) is 3.51. The molecule has 0 radical (unpaired) electrons. The number of rotatable bonds is 4. The number of hydrogen-bond acceptors (Lipinski definition) is 4. The van der Waals surface area contributed by atoms with E-state index in [2.05, 4.69) is 22.9 Å². The molecule has 1 heterocycles. The zero-order valence-electron chi connectivity index (χ0n) is 8.40. The molecule has 0 amide bonds. The summed E-state index contributed by atoms with van der Waals surface area (Å²) in [5.74, 6) is -1.10. The van der Waals surface area contributed by atoms with Crippen LogP contribution in [0.1, 0.15) is 5.56 Å². The number of nitrogens with zero attached hydrogens (tertiary/aromatic N) is 1. The van der Waals surface area contributed by atoms with Crippen molar-refractivity contribution in [2.45, 2.75) is 12.2 Å². The largest absolute Gasteiger partial charge is 0.480 e. The van der Waals surface area contributed by atoms with Crippen molar-refractivity contribution in [3.8, 4) is 0 Å². The Morgan fingerprint density at radius 1 is 1.53 bits per heavy atom. The fourth-order valence-electron chi connectivity index (χ4n) is 1.01. The zero-order valence-corrected chi connectivity index (χ0v) is 9.29. The number of aromatic nitrogens is 1. The van der Waals surface area contributed by atoms with Crippen LogP contribution in [0.15, 0.2) is 18.3 Å². The Labute approximate surface area is 100 Å². The lowest BCUT2D eigenvalue weighted by Crippen LogP contribution is -2.31. The molecule has 0 aliphatic carbocycles. The number of pyridine rings is 1. The predicted octanol–water partition coefficient (Wildman–Crippen LogP) is 1.90. The van der Waals surface area contributed by atoms with Crippen LogP contribution in [0.4, 0.5) is 19.0 Å². The van der Waals surface area contributed by atoms with Gasteiger partial charge in [-0.2, -0.15) is 25.8 Å². The smallest absolute Gasteiger partial charge is 0.417 e. The van der Waals surface area contributed by atoms with E-state index < -0.39 is 23.8 Å². The summed E-state index contributed by atoms with van der Waals surface area (Å²) >= 11 is 3.80. The molecule has 0 aliphatic heterocycles. The first kappa shape index (κ1) is 13.6. The van der Waals surface area contributed by atoms with E-state index in [1.54, 1.807) is 0 Å². The second kappa shape index (κ2) is 5.26. The summed E-state index contributed by atoms with van der Waals surface area (Å²) in [6.45, 7) is 0.